The lowest BCUT2D eigenvalue weighted by Crippen LogP contribution is -2.19. The van der Waals surface area contributed by atoms with Crippen LogP contribution in [0.5, 0.6) is 0 Å². The summed E-state index contributed by atoms with van der Waals surface area (Å²) in [6.07, 6.45) is 1.64. The molecule has 0 aliphatic heterocycles. The lowest BCUT2D eigenvalue weighted by Gasteiger charge is -2.04. The Kier molecular flexibility index (Phi) is 5.64. The van der Waals surface area contributed by atoms with Gasteiger partial charge in [-0.3, -0.25) is 4.79 Å². The minimum Gasteiger partial charge on any atom is -0.272 e. The molecule has 0 radical (unpaired) electrons. The van der Waals surface area contributed by atoms with Crippen molar-refractivity contribution in [3.63, 3.8) is 0 Å². The van der Waals surface area contributed by atoms with Crippen molar-refractivity contribution >= 4 is 34.7 Å². The normalized spacial score (nSPS) is 11.0. The smallest absolute Gasteiger partial charge is 0.250 e. The second-order valence-corrected chi connectivity index (χ2v) is 6.36. The van der Waals surface area contributed by atoms with Gasteiger partial charge < -0.3 is 0 Å². The molecule has 120 valence electrons. The number of thioether (sulfide) groups is 1. The zero-order valence-corrected chi connectivity index (χ0v) is 14.0. The molecule has 0 aromatic heterocycles. The number of hydrogen-bond donors (Lipinski definition) is 1. The molecule has 0 saturated heterocycles. The number of amides is 1. The third kappa shape index (κ3) is 4.70. The summed E-state index contributed by atoms with van der Waals surface area (Å²) >= 11 is 1.58. The van der Waals surface area contributed by atoms with Crippen LogP contribution >= 0.6 is 11.8 Å². The Morgan fingerprint density at radius 3 is 2.54 bits per heavy atom. The molecule has 0 aliphatic carbocycles. The van der Waals surface area contributed by atoms with Crippen molar-refractivity contribution in [3.8, 4) is 0 Å². The molecule has 4 heteroatoms. The summed E-state index contributed by atoms with van der Waals surface area (Å²) in [4.78, 5) is 11.8. The summed E-state index contributed by atoms with van der Waals surface area (Å²) in [5.41, 5.74) is 4.74. The van der Waals surface area contributed by atoms with Gasteiger partial charge >= 0.3 is 0 Å². The van der Waals surface area contributed by atoms with Gasteiger partial charge in [0.15, 0.2) is 0 Å². The maximum Gasteiger partial charge on any atom is 0.250 e. The Morgan fingerprint density at radius 2 is 1.71 bits per heavy atom. The zero-order valence-electron chi connectivity index (χ0n) is 13.2. The quantitative estimate of drug-likeness (QED) is 0.541. The number of hydrazone groups is 1. The molecule has 1 amide bonds. The highest BCUT2D eigenvalue weighted by molar-refractivity contribution is 7.99. The van der Waals surface area contributed by atoms with Gasteiger partial charge in [-0.25, -0.2) is 5.43 Å². The van der Waals surface area contributed by atoms with Crippen molar-refractivity contribution in [2.75, 3.05) is 5.75 Å². The molecule has 1 N–H and O–H groups in total. The monoisotopic (exact) mass is 334 g/mol. The third-order valence-electron chi connectivity index (χ3n) is 3.52. The van der Waals surface area contributed by atoms with Crippen molar-refractivity contribution in [2.24, 2.45) is 5.10 Å². The first-order valence-corrected chi connectivity index (χ1v) is 8.89. The highest BCUT2D eigenvalue weighted by Crippen LogP contribution is 2.19. The van der Waals surface area contributed by atoms with Gasteiger partial charge in [-0.05, 0) is 21.9 Å². The van der Waals surface area contributed by atoms with Gasteiger partial charge in [-0.1, -0.05) is 72.8 Å². The number of benzene rings is 3. The number of nitrogens with one attached hydrogen (secondary N) is 1. The second kappa shape index (κ2) is 8.31. The van der Waals surface area contributed by atoms with Crippen molar-refractivity contribution in [1.82, 2.24) is 5.43 Å². The molecular formula is C20H18N2OS. The van der Waals surface area contributed by atoms with E-state index in [0.29, 0.717) is 5.75 Å². The van der Waals surface area contributed by atoms with Gasteiger partial charge in [-0.2, -0.15) is 5.10 Å². The largest absolute Gasteiger partial charge is 0.272 e. The van der Waals surface area contributed by atoms with Crippen molar-refractivity contribution in [1.29, 1.82) is 0 Å². The van der Waals surface area contributed by atoms with Crippen LogP contribution in [-0.2, 0) is 10.5 Å². The number of fused-ring (bicyclic) bond motifs is 1. The van der Waals surface area contributed by atoms with Gasteiger partial charge in [0.05, 0.1) is 12.0 Å². The summed E-state index contributed by atoms with van der Waals surface area (Å²) in [6, 6.07) is 24.4. The molecule has 3 aromatic rings. The fourth-order valence-corrected chi connectivity index (χ4v) is 3.11. The standard InChI is InChI=1S/C20H18N2OS/c23-20(22-21-13-16-6-2-1-3-7-16)15-24-14-17-10-11-18-8-4-5-9-19(18)12-17/h1-13H,14-15H2,(H,22,23)/b21-13-. The van der Waals surface area contributed by atoms with Crippen molar-refractivity contribution in [3.05, 3.63) is 83.9 Å². The van der Waals surface area contributed by atoms with E-state index in [1.807, 2.05) is 42.5 Å². The fraction of sp³-hybridized carbons (Fsp3) is 0.100. The van der Waals surface area contributed by atoms with Crippen LogP contribution in [0.1, 0.15) is 11.1 Å². The van der Waals surface area contributed by atoms with Crippen LogP contribution in [-0.4, -0.2) is 17.9 Å². The number of carbonyl (C=O) groups excluding carboxylic acids is 1. The summed E-state index contributed by atoms with van der Waals surface area (Å²) in [5, 5.41) is 6.43. The first-order chi connectivity index (χ1) is 11.8. The van der Waals surface area contributed by atoms with E-state index in [2.05, 4.69) is 40.9 Å². The number of carbonyl (C=O) groups is 1. The van der Waals surface area contributed by atoms with Crippen molar-refractivity contribution < 1.29 is 4.79 Å². The third-order valence-corrected chi connectivity index (χ3v) is 4.52. The molecule has 0 spiro atoms. The first kappa shape index (κ1) is 16.3. The average molecular weight is 334 g/mol. The van der Waals surface area contributed by atoms with Gasteiger partial charge in [0.1, 0.15) is 0 Å². The van der Waals surface area contributed by atoms with Crippen LogP contribution in [0.25, 0.3) is 10.8 Å². The topological polar surface area (TPSA) is 41.5 Å². The molecular weight excluding hydrogens is 316 g/mol. The Bertz CT molecular complexity index is 846. The van der Waals surface area contributed by atoms with E-state index in [1.54, 1.807) is 18.0 Å². The Labute approximate surface area is 145 Å². The van der Waals surface area contributed by atoms with Crippen LogP contribution in [0, 0.1) is 0 Å². The second-order valence-electron chi connectivity index (χ2n) is 5.38. The predicted molar refractivity (Wildman–Crippen MR) is 102 cm³/mol. The van der Waals surface area contributed by atoms with E-state index < -0.39 is 0 Å². The zero-order chi connectivity index (χ0) is 16.6. The molecule has 0 bridgehead atoms. The molecule has 24 heavy (non-hydrogen) atoms. The molecule has 3 nitrogen and oxygen atoms in total. The summed E-state index contributed by atoms with van der Waals surface area (Å²) in [7, 11) is 0. The molecule has 0 unspecified atom stereocenters. The maximum absolute atomic E-state index is 11.8. The van der Waals surface area contributed by atoms with Crippen LogP contribution in [0.15, 0.2) is 77.9 Å². The minimum absolute atomic E-state index is 0.0898. The van der Waals surface area contributed by atoms with Crippen molar-refractivity contribution in [2.45, 2.75) is 5.75 Å². The summed E-state index contributed by atoms with van der Waals surface area (Å²) in [6.45, 7) is 0. The average Bonchev–Trinajstić information content (AvgIpc) is 2.62. The highest BCUT2D eigenvalue weighted by Gasteiger charge is 2.01. The van der Waals surface area contributed by atoms with Gasteiger partial charge in [0, 0.05) is 5.75 Å². The van der Waals surface area contributed by atoms with E-state index in [1.165, 1.54) is 16.3 Å². The highest BCUT2D eigenvalue weighted by atomic mass is 32.2. The molecule has 0 saturated carbocycles. The van der Waals surface area contributed by atoms with Gasteiger partial charge in [0.2, 0.25) is 5.91 Å². The Balaban J connectivity index is 1.45. The maximum atomic E-state index is 11.8. The molecule has 0 aliphatic rings. The van der Waals surface area contributed by atoms with Crippen LogP contribution in [0.3, 0.4) is 0 Å². The molecule has 0 atom stereocenters. The first-order valence-electron chi connectivity index (χ1n) is 7.74. The molecule has 3 rings (SSSR count). The van der Waals surface area contributed by atoms with E-state index in [4.69, 9.17) is 0 Å². The van der Waals surface area contributed by atoms with Gasteiger partial charge in [-0.15, -0.1) is 11.8 Å². The van der Waals surface area contributed by atoms with E-state index >= 15 is 0 Å². The minimum atomic E-state index is -0.0898. The summed E-state index contributed by atoms with van der Waals surface area (Å²) < 4.78 is 0. The number of hydrogen-bond acceptors (Lipinski definition) is 3. The van der Waals surface area contributed by atoms with Crippen LogP contribution in [0.2, 0.25) is 0 Å². The Morgan fingerprint density at radius 1 is 0.958 bits per heavy atom. The predicted octanol–water partition coefficient (Wildman–Crippen LogP) is 4.22. The van der Waals surface area contributed by atoms with E-state index in [9.17, 15) is 4.79 Å². The SMILES string of the molecule is O=C(CSCc1ccc2ccccc2c1)N/N=C\c1ccccc1. The number of nitrogens with zero attached hydrogens (tertiary/aromatic N) is 1. The van der Waals surface area contributed by atoms with E-state index in [0.717, 1.165) is 11.3 Å². The molecule has 3 aromatic carbocycles. The van der Waals surface area contributed by atoms with Crippen LogP contribution < -0.4 is 5.43 Å². The fourth-order valence-electron chi connectivity index (χ4n) is 2.34. The Hall–Kier alpha value is -2.59. The lowest BCUT2D eigenvalue weighted by molar-refractivity contribution is -0.118. The van der Waals surface area contributed by atoms with Crippen LogP contribution in [0.4, 0.5) is 0 Å². The molecule has 0 heterocycles. The lowest BCUT2D eigenvalue weighted by atomic mass is 10.1. The molecule has 0 fully saturated rings. The van der Waals surface area contributed by atoms with Gasteiger partial charge in [0.25, 0.3) is 0 Å². The summed E-state index contributed by atoms with van der Waals surface area (Å²) in [5.74, 6) is 1.10. The van der Waals surface area contributed by atoms with E-state index in [-0.39, 0.29) is 5.91 Å². The number of rotatable bonds is 6.